The summed E-state index contributed by atoms with van der Waals surface area (Å²) in [5.74, 6) is 0.990. The van der Waals surface area contributed by atoms with Gasteiger partial charge in [0.2, 0.25) is 5.91 Å². The van der Waals surface area contributed by atoms with Crippen LogP contribution in [0.25, 0.3) is 28.2 Å². The molecule has 1 amide bonds. The summed E-state index contributed by atoms with van der Waals surface area (Å²) in [6, 6.07) is 41.2. The van der Waals surface area contributed by atoms with E-state index in [0.717, 1.165) is 57.5 Å². The van der Waals surface area contributed by atoms with Gasteiger partial charge in [-0.25, -0.2) is 4.98 Å². The van der Waals surface area contributed by atoms with Gasteiger partial charge in [0.15, 0.2) is 5.16 Å². The molecule has 0 radical (unpaired) electrons. The van der Waals surface area contributed by atoms with E-state index in [-0.39, 0.29) is 5.91 Å². The molecule has 5 rings (SSSR count). The second kappa shape index (κ2) is 12.9. The van der Waals surface area contributed by atoms with E-state index in [1.165, 1.54) is 0 Å². The van der Waals surface area contributed by atoms with Gasteiger partial charge in [-0.3, -0.25) is 9.36 Å². The predicted molar refractivity (Wildman–Crippen MR) is 158 cm³/mol. The van der Waals surface area contributed by atoms with Crippen LogP contribution >= 0.6 is 11.8 Å². The van der Waals surface area contributed by atoms with Gasteiger partial charge in [0, 0.05) is 29.1 Å². The minimum atomic E-state index is 0.0727. The van der Waals surface area contributed by atoms with Crippen LogP contribution < -0.4 is 5.32 Å². The first-order chi connectivity index (χ1) is 18.8. The Labute approximate surface area is 228 Å². The van der Waals surface area contributed by atoms with E-state index >= 15 is 0 Å². The molecule has 1 N–H and O–H groups in total. The quantitative estimate of drug-likeness (QED) is 0.146. The molecule has 38 heavy (non-hydrogen) atoms. The maximum absolute atomic E-state index is 12.2. The molecule has 4 aromatic carbocycles. The molecule has 0 bridgehead atoms. The molecule has 0 saturated heterocycles. The Morgan fingerprint density at radius 1 is 0.711 bits per heavy atom. The van der Waals surface area contributed by atoms with Crippen LogP contribution in [0, 0.1) is 0 Å². The molecule has 0 fully saturated rings. The Balaban J connectivity index is 1.32. The van der Waals surface area contributed by atoms with E-state index in [2.05, 4.69) is 82.7 Å². The number of nitrogens with zero attached hydrogens (tertiary/aromatic N) is 2. The van der Waals surface area contributed by atoms with Gasteiger partial charge in [-0.15, -0.1) is 0 Å². The van der Waals surface area contributed by atoms with Crippen LogP contribution in [0.3, 0.4) is 0 Å². The second-order valence-electron chi connectivity index (χ2n) is 9.06. The van der Waals surface area contributed by atoms with Gasteiger partial charge < -0.3 is 5.32 Å². The Hall–Kier alpha value is -4.09. The fourth-order valence-corrected chi connectivity index (χ4v) is 5.45. The smallest absolute Gasteiger partial charge is 0.224 e. The molecule has 4 nitrogen and oxygen atoms in total. The first-order valence-corrected chi connectivity index (χ1v) is 14.0. The van der Waals surface area contributed by atoms with Crippen molar-refractivity contribution in [3.63, 3.8) is 0 Å². The lowest BCUT2D eigenvalue weighted by atomic mass is 10.0. The van der Waals surface area contributed by atoms with Crippen molar-refractivity contribution in [3.8, 4) is 28.2 Å². The number of rotatable bonds is 11. The van der Waals surface area contributed by atoms with Crippen LogP contribution in [0.5, 0.6) is 0 Å². The zero-order valence-corrected chi connectivity index (χ0v) is 22.1. The van der Waals surface area contributed by atoms with E-state index in [4.69, 9.17) is 4.98 Å². The minimum absolute atomic E-state index is 0.0727. The standard InChI is InChI=1S/C33H31N3OS/c37-30(25-26-15-5-1-6-16-26)34-23-13-14-24-38-33-35-31(27-17-7-2-8-18-27)32(28-19-9-3-10-20-28)36(33)29-21-11-4-12-22-29/h1-12,15-22H,13-14,23-25H2,(H,34,37). The number of nitrogens with one attached hydrogen (secondary N) is 1. The van der Waals surface area contributed by atoms with Crippen LogP contribution in [-0.2, 0) is 11.2 Å². The Morgan fingerprint density at radius 3 is 1.95 bits per heavy atom. The average molecular weight is 518 g/mol. The van der Waals surface area contributed by atoms with E-state index in [0.29, 0.717) is 13.0 Å². The Morgan fingerprint density at radius 2 is 1.29 bits per heavy atom. The van der Waals surface area contributed by atoms with Crippen molar-refractivity contribution in [2.75, 3.05) is 12.3 Å². The van der Waals surface area contributed by atoms with E-state index in [1.54, 1.807) is 11.8 Å². The van der Waals surface area contributed by atoms with E-state index < -0.39 is 0 Å². The SMILES string of the molecule is O=C(Cc1ccccc1)NCCCCSc1nc(-c2ccccc2)c(-c2ccccc2)n1-c1ccccc1. The predicted octanol–water partition coefficient (Wildman–Crippen LogP) is 7.44. The fourth-order valence-electron chi connectivity index (χ4n) is 4.43. The maximum atomic E-state index is 12.2. The summed E-state index contributed by atoms with van der Waals surface area (Å²) >= 11 is 1.77. The van der Waals surface area contributed by atoms with Gasteiger partial charge in [0.1, 0.15) is 0 Å². The normalized spacial score (nSPS) is 10.8. The number of thioether (sulfide) groups is 1. The summed E-state index contributed by atoms with van der Waals surface area (Å²) in [6.07, 6.45) is 2.34. The zero-order valence-electron chi connectivity index (χ0n) is 21.3. The number of benzene rings is 4. The summed E-state index contributed by atoms with van der Waals surface area (Å²) in [6.45, 7) is 0.684. The molecule has 0 unspecified atom stereocenters. The zero-order chi connectivity index (χ0) is 26.0. The minimum Gasteiger partial charge on any atom is -0.356 e. The average Bonchev–Trinajstić information content (AvgIpc) is 3.36. The summed E-state index contributed by atoms with van der Waals surface area (Å²) in [5, 5.41) is 4.03. The third-order valence-corrected chi connectivity index (χ3v) is 7.31. The highest BCUT2D eigenvalue weighted by Gasteiger charge is 2.21. The van der Waals surface area contributed by atoms with Crippen molar-refractivity contribution in [2.24, 2.45) is 0 Å². The van der Waals surface area contributed by atoms with Crippen molar-refractivity contribution in [2.45, 2.75) is 24.4 Å². The van der Waals surface area contributed by atoms with Crippen LogP contribution in [0.15, 0.2) is 126 Å². The largest absolute Gasteiger partial charge is 0.356 e. The summed E-state index contributed by atoms with van der Waals surface area (Å²) in [7, 11) is 0. The van der Waals surface area contributed by atoms with Gasteiger partial charge in [0.25, 0.3) is 0 Å². The van der Waals surface area contributed by atoms with Gasteiger partial charge >= 0.3 is 0 Å². The van der Waals surface area contributed by atoms with Crippen molar-refractivity contribution in [1.29, 1.82) is 0 Å². The molecule has 1 heterocycles. The molecule has 0 aliphatic rings. The summed E-state index contributed by atoms with van der Waals surface area (Å²) in [4.78, 5) is 17.4. The van der Waals surface area contributed by atoms with E-state index in [9.17, 15) is 4.79 Å². The third-order valence-electron chi connectivity index (χ3n) is 6.29. The van der Waals surface area contributed by atoms with Crippen LogP contribution in [0.4, 0.5) is 0 Å². The number of carbonyl (C=O) groups is 1. The summed E-state index contributed by atoms with van der Waals surface area (Å²) < 4.78 is 2.28. The molecule has 190 valence electrons. The Bertz CT molecular complexity index is 1440. The van der Waals surface area contributed by atoms with Gasteiger partial charge in [-0.1, -0.05) is 121 Å². The van der Waals surface area contributed by atoms with Crippen molar-refractivity contribution < 1.29 is 4.79 Å². The fraction of sp³-hybridized carbons (Fsp3) is 0.152. The van der Waals surface area contributed by atoms with Crippen molar-refractivity contribution in [1.82, 2.24) is 14.9 Å². The maximum Gasteiger partial charge on any atom is 0.224 e. The monoisotopic (exact) mass is 517 g/mol. The molecule has 5 aromatic rings. The third kappa shape index (κ3) is 6.42. The number of para-hydroxylation sites is 1. The van der Waals surface area contributed by atoms with Gasteiger partial charge in [-0.2, -0.15) is 0 Å². The first kappa shape index (κ1) is 25.6. The molecule has 0 saturated carbocycles. The van der Waals surface area contributed by atoms with E-state index in [1.807, 2.05) is 48.5 Å². The molecular weight excluding hydrogens is 486 g/mol. The van der Waals surface area contributed by atoms with Crippen molar-refractivity contribution >= 4 is 17.7 Å². The van der Waals surface area contributed by atoms with Gasteiger partial charge in [0.05, 0.1) is 17.8 Å². The van der Waals surface area contributed by atoms with Crippen molar-refractivity contribution in [3.05, 3.63) is 127 Å². The molecule has 0 atom stereocenters. The number of amides is 1. The lowest BCUT2D eigenvalue weighted by Gasteiger charge is -2.13. The molecule has 0 spiro atoms. The highest BCUT2D eigenvalue weighted by Crippen LogP contribution is 2.38. The van der Waals surface area contributed by atoms with Crippen LogP contribution in [0.2, 0.25) is 0 Å². The number of hydrogen-bond donors (Lipinski definition) is 1. The Kier molecular flexibility index (Phi) is 8.69. The number of carbonyl (C=O) groups excluding carboxylic acids is 1. The molecular formula is C33H31N3OS. The highest BCUT2D eigenvalue weighted by molar-refractivity contribution is 7.99. The van der Waals surface area contributed by atoms with Crippen LogP contribution in [0.1, 0.15) is 18.4 Å². The molecule has 1 aromatic heterocycles. The highest BCUT2D eigenvalue weighted by atomic mass is 32.2. The lowest BCUT2D eigenvalue weighted by molar-refractivity contribution is -0.120. The lowest BCUT2D eigenvalue weighted by Crippen LogP contribution is -2.26. The second-order valence-corrected chi connectivity index (χ2v) is 10.1. The van der Waals surface area contributed by atoms with Gasteiger partial charge in [-0.05, 0) is 30.5 Å². The molecule has 0 aliphatic heterocycles. The number of hydrogen-bond acceptors (Lipinski definition) is 3. The van der Waals surface area contributed by atoms with Crippen LogP contribution in [-0.4, -0.2) is 27.8 Å². The topological polar surface area (TPSA) is 46.9 Å². The summed E-state index contributed by atoms with van der Waals surface area (Å²) in [5.41, 5.74) is 6.45. The number of unbranched alkanes of at least 4 members (excludes halogenated alkanes) is 1. The molecule has 0 aliphatic carbocycles. The number of aromatic nitrogens is 2. The number of imidazole rings is 1. The molecule has 5 heteroatoms. The first-order valence-electron chi connectivity index (χ1n) is 13.0.